The van der Waals surface area contributed by atoms with Crippen LogP contribution in [0.1, 0.15) is 37.6 Å². The van der Waals surface area contributed by atoms with Gasteiger partial charge < -0.3 is 19.5 Å². The Morgan fingerprint density at radius 1 is 0.850 bits per heavy atom. The number of carbonyl (C=O) groups excluding carboxylic acids is 3. The highest BCUT2D eigenvalue weighted by Gasteiger charge is 2.40. The second-order valence-electron chi connectivity index (χ2n) is 8.58. The van der Waals surface area contributed by atoms with E-state index < -0.39 is 11.2 Å². The SMILES string of the molecule is CCOC(=O)c1ccc(NC(=O)C[C@H]2SC(=Nc3ccc(OCC)cc3)N(c3ccc(OCC)cc3)C2=O)cc1. The lowest BCUT2D eigenvalue weighted by molar-refractivity contribution is -0.121. The molecule has 1 heterocycles. The predicted octanol–water partition coefficient (Wildman–Crippen LogP) is 5.83. The van der Waals surface area contributed by atoms with Crippen LogP contribution < -0.4 is 19.7 Å². The summed E-state index contributed by atoms with van der Waals surface area (Å²) in [5.41, 5.74) is 2.19. The first-order valence-electron chi connectivity index (χ1n) is 13.0. The van der Waals surface area contributed by atoms with Crippen molar-refractivity contribution in [2.75, 3.05) is 30.0 Å². The fourth-order valence-corrected chi connectivity index (χ4v) is 5.10. The Bertz CT molecular complexity index is 1360. The number of aliphatic imine (C=N–C) groups is 1. The van der Waals surface area contributed by atoms with Crippen LogP contribution in [-0.4, -0.2) is 48.0 Å². The van der Waals surface area contributed by atoms with Crippen molar-refractivity contribution in [3.05, 3.63) is 78.4 Å². The molecule has 1 aliphatic heterocycles. The summed E-state index contributed by atoms with van der Waals surface area (Å²) in [4.78, 5) is 44.6. The van der Waals surface area contributed by atoms with Gasteiger partial charge >= 0.3 is 5.97 Å². The molecule has 0 unspecified atom stereocenters. The minimum absolute atomic E-state index is 0.0566. The first-order chi connectivity index (χ1) is 19.4. The molecule has 10 heteroatoms. The van der Waals surface area contributed by atoms with E-state index in [-0.39, 0.29) is 24.8 Å². The molecule has 1 atom stereocenters. The number of hydrogen-bond acceptors (Lipinski definition) is 8. The zero-order valence-electron chi connectivity index (χ0n) is 22.6. The molecular formula is C30H31N3O6S. The molecule has 1 N–H and O–H groups in total. The molecule has 1 fully saturated rings. The fourth-order valence-electron chi connectivity index (χ4n) is 3.95. The summed E-state index contributed by atoms with van der Waals surface area (Å²) in [6, 6.07) is 20.9. The van der Waals surface area contributed by atoms with E-state index in [1.165, 1.54) is 16.7 Å². The van der Waals surface area contributed by atoms with Crippen molar-refractivity contribution < 1.29 is 28.6 Å². The number of thioether (sulfide) groups is 1. The minimum Gasteiger partial charge on any atom is -0.494 e. The van der Waals surface area contributed by atoms with E-state index in [2.05, 4.69) is 5.32 Å². The number of benzene rings is 3. The van der Waals surface area contributed by atoms with Gasteiger partial charge in [-0.2, -0.15) is 0 Å². The standard InChI is InChI=1S/C30H31N3O6S/c1-4-37-24-15-11-22(12-16-24)32-30-33(23-13-17-25(18-14-23)38-5-2)28(35)26(40-30)19-27(34)31-21-9-7-20(8-10-21)29(36)39-6-3/h7-18,26H,4-6,19H2,1-3H3,(H,31,34)/t26-/m1/s1. The number of amides is 2. The number of nitrogens with zero attached hydrogens (tertiary/aromatic N) is 2. The average molecular weight is 562 g/mol. The molecule has 0 spiro atoms. The van der Waals surface area contributed by atoms with E-state index in [1.807, 2.05) is 38.1 Å². The molecule has 0 radical (unpaired) electrons. The molecule has 208 valence electrons. The summed E-state index contributed by atoms with van der Waals surface area (Å²) in [6.45, 7) is 6.93. The van der Waals surface area contributed by atoms with Crippen LogP contribution in [0.3, 0.4) is 0 Å². The Hall–Kier alpha value is -4.31. The van der Waals surface area contributed by atoms with Crippen molar-refractivity contribution in [1.29, 1.82) is 0 Å². The minimum atomic E-state index is -0.674. The van der Waals surface area contributed by atoms with Gasteiger partial charge in [0.15, 0.2) is 5.17 Å². The van der Waals surface area contributed by atoms with Crippen LogP contribution in [0.5, 0.6) is 11.5 Å². The van der Waals surface area contributed by atoms with Crippen LogP contribution in [0.25, 0.3) is 0 Å². The van der Waals surface area contributed by atoms with Crippen molar-refractivity contribution >= 4 is 51.8 Å². The third-order valence-corrected chi connectivity index (χ3v) is 6.90. The summed E-state index contributed by atoms with van der Waals surface area (Å²) < 4.78 is 16.0. The third kappa shape index (κ3) is 7.20. The Balaban J connectivity index is 1.52. The topological polar surface area (TPSA) is 107 Å². The second kappa shape index (κ2) is 13.7. The Morgan fingerprint density at radius 3 is 2.02 bits per heavy atom. The third-order valence-electron chi connectivity index (χ3n) is 5.76. The first kappa shape index (κ1) is 28.7. The summed E-state index contributed by atoms with van der Waals surface area (Å²) in [7, 11) is 0. The van der Waals surface area contributed by atoms with Crippen LogP contribution in [0.4, 0.5) is 17.1 Å². The number of amidine groups is 1. The van der Waals surface area contributed by atoms with E-state index in [1.54, 1.807) is 55.5 Å². The lowest BCUT2D eigenvalue weighted by Gasteiger charge is -2.17. The Morgan fingerprint density at radius 2 is 1.45 bits per heavy atom. The van der Waals surface area contributed by atoms with E-state index in [4.69, 9.17) is 19.2 Å². The molecule has 0 aliphatic carbocycles. The van der Waals surface area contributed by atoms with E-state index in [9.17, 15) is 14.4 Å². The van der Waals surface area contributed by atoms with E-state index >= 15 is 0 Å². The van der Waals surface area contributed by atoms with Gasteiger partial charge in [-0.1, -0.05) is 11.8 Å². The maximum absolute atomic E-state index is 13.6. The van der Waals surface area contributed by atoms with Crippen molar-refractivity contribution in [2.45, 2.75) is 32.4 Å². The number of ether oxygens (including phenoxy) is 3. The number of hydrogen-bond donors (Lipinski definition) is 1. The van der Waals surface area contributed by atoms with E-state index in [0.29, 0.717) is 46.8 Å². The summed E-state index contributed by atoms with van der Waals surface area (Å²) in [5.74, 6) is 0.424. The maximum Gasteiger partial charge on any atom is 0.338 e. The van der Waals surface area contributed by atoms with Crippen molar-refractivity contribution in [3.8, 4) is 11.5 Å². The van der Waals surface area contributed by atoms with Gasteiger partial charge in [-0.05, 0) is 93.6 Å². The fraction of sp³-hybridized carbons (Fsp3) is 0.267. The van der Waals surface area contributed by atoms with Gasteiger partial charge in [0.2, 0.25) is 11.8 Å². The van der Waals surface area contributed by atoms with Gasteiger partial charge in [0.05, 0.1) is 36.8 Å². The largest absolute Gasteiger partial charge is 0.494 e. The summed E-state index contributed by atoms with van der Waals surface area (Å²) >= 11 is 1.24. The molecule has 3 aromatic rings. The smallest absolute Gasteiger partial charge is 0.338 e. The molecular weight excluding hydrogens is 530 g/mol. The molecule has 4 rings (SSSR count). The second-order valence-corrected chi connectivity index (χ2v) is 9.75. The zero-order chi connectivity index (χ0) is 28.5. The van der Waals surface area contributed by atoms with Gasteiger partial charge in [-0.15, -0.1) is 0 Å². The summed E-state index contributed by atoms with van der Waals surface area (Å²) in [5, 5.41) is 2.59. The van der Waals surface area contributed by atoms with Crippen molar-refractivity contribution in [3.63, 3.8) is 0 Å². The number of esters is 1. The van der Waals surface area contributed by atoms with Crippen molar-refractivity contribution in [2.24, 2.45) is 4.99 Å². The molecule has 3 aromatic carbocycles. The number of anilines is 2. The molecule has 9 nitrogen and oxygen atoms in total. The van der Waals surface area contributed by atoms with Crippen LogP contribution >= 0.6 is 11.8 Å². The highest BCUT2D eigenvalue weighted by atomic mass is 32.2. The monoisotopic (exact) mass is 561 g/mol. The van der Waals surface area contributed by atoms with Crippen LogP contribution in [0.15, 0.2) is 77.8 Å². The van der Waals surface area contributed by atoms with Crippen LogP contribution in [-0.2, 0) is 14.3 Å². The van der Waals surface area contributed by atoms with Gasteiger partial charge in [0.1, 0.15) is 16.7 Å². The molecule has 0 aromatic heterocycles. The van der Waals surface area contributed by atoms with Crippen LogP contribution in [0, 0.1) is 0 Å². The Kier molecular flexibility index (Phi) is 9.80. The average Bonchev–Trinajstić information content (AvgIpc) is 3.25. The molecule has 0 saturated carbocycles. The van der Waals surface area contributed by atoms with Gasteiger partial charge in [-0.3, -0.25) is 14.5 Å². The van der Waals surface area contributed by atoms with Gasteiger partial charge in [0, 0.05) is 12.1 Å². The lowest BCUT2D eigenvalue weighted by Crippen LogP contribution is -2.33. The first-order valence-corrected chi connectivity index (χ1v) is 13.9. The molecule has 2 amide bonds. The zero-order valence-corrected chi connectivity index (χ0v) is 23.4. The predicted molar refractivity (Wildman–Crippen MR) is 157 cm³/mol. The number of rotatable bonds is 11. The van der Waals surface area contributed by atoms with Crippen LogP contribution in [0.2, 0.25) is 0 Å². The molecule has 1 saturated heterocycles. The highest BCUT2D eigenvalue weighted by Crippen LogP contribution is 2.36. The Labute approximate surface area is 237 Å². The molecule has 40 heavy (non-hydrogen) atoms. The van der Waals surface area contributed by atoms with E-state index in [0.717, 1.165) is 5.75 Å². The van der Waals surface area contributed by atoms with Gasteiger partial charge in [0.25, 0.3) is 0 Å². The molecule has 1 aliphatic rings. The number of nitrogens with one attached hydrogen (secondary N) is 1. The summed E-state index contributed by atoms with van der Waals surface area (Å²) in [6.07, 6.45) is -0.0566. The van der Waals surface area contributed by atoms with Crippen molar-refractivity contribution in [1.82, 2.24) is 0 Å². The molecule has 0 bridgehead atoms. The number of carbonyl (C=O) groups is 3. The highest BCUT2D eigenvalue weighted by molar-refractivity contribution is 8.16. The lowest BCUT2D eigenvalue weighted by atomic mass is 10.2. The quantitative estimate of drug-likeness (QED) is 0.294. The normalized spacial score (nSPS) is 15.7. The van der Waals surface area contributed by atoms with Gasteiger partial charge in [-0.25, -0.2) is 9.79 Å². The maximum atomic E-state index is 13.6.